The Kier molecular flexibility index (Phi) is 7.91. The number of nitrogens with zero attached hydrogens (tertiary/aromatic N) is 3. The smallest absolute Gasteiger partial charge is 0.214 e. The number of piperidine rings is 1. The summed E-state index contributed by atoms with van der Waals surface area (Å²) in [6.07, 6.45) is 1.35. The van der Waals surface area contributed by atoms with Crippen molar-refractivity contribution in [2.45, 2.75) is 60.7 Å². The zero-order valence-corrected chi connectivity index (χ0v) is 19.2. The molecule has 1 aromatic heterocycles. The Bertz CT molecular complexity index is 797. The van der Waals surface area contributed by atoms with Crippen LogP contribution >= 0.6 is 0 Å². The van der Waals surface area contributed by atoms with Crippen LogP contribution in [-0.2, 0) is 19.6 Å². The van der Waals surface area contributed by atoms with Crippen LogP contribution in [0.25, 0.3) is 0 Å². The molecule has 2 aromatic rings. The molecule has 3 rings (SSSR count). The average molecular weight is 412 g/mol. The summed E-state index contributed by atoms with van der Waals surface area (Å²) in [6, 6.07) is 8.88. The van der Waals surface area contributed by atoms with E-state index in [1.165, 1.54) is 30.6 Å². The van der Waals surface area contributed by atoms with Crippen LogP contribution in [0.2, 0.25) is 0 Å². The van der Waals surface area contributed by atoms with Gasteiger partial charge in [-0.05, 0) is 50.2 Å². The number of hydrogen-bond donors (Lipinski definition) is 2. The third kappa shape index (κ3) is 6.59. The van der Waals surface area contributed by atoms with E-state index in [1.807, 2.05) is 13.8 Å². The van der Waals surface area contributed by atoms with Crippen molar-refractivity contribution in [3.05, 3.63) is 52.7 Å². The fourth-order valence-corrected chi connectivity index (χ4v) is 4.22. The standard InChI is InChI=1S/C24H37N5O/c1-6-25-24(27-13-23-28-19(4)20(5)30-23)26-12-21-7-9-22(10-8-21)16-29-14-17(2)11-18(3)15-29/h7-10,17-18H,6,11-16H2,1-5H3,(H2,25,26,27). The van der Waals surface area contributed by atoms with Crippen molar-refractivity contribution in [1.29, 1.82) is 0 Å². The largest absolute Gasteiger partial charge is 0.444 e. The molecule has 1 saturated heterocycles. The number of rotatable bonds is 7. The number of likely N-dealkylation sites (tertiary alicyclic amines) is 1. The van der Waals surface area contributed by atoms with Gasteiger partial charge in [-0.25, -0.2) is 9.98 Å². The number of aryl methyl sites for hydroxylation is 2. The molecule has 0 bridgehead atoms. The van der Waals surface area contributed by atoms with Gasteiger partial charge in [0.25, 0.3) is 0 Å². The number of guanidine groups is 1. The minimum atomic E-state index is 0.520. The summed E-state index contributed by atoms with van der Waals surface area (Å²) < 4.78 is 5.63. The summed E-state index contributed by atoms with van der Waals surface area (Å²) in [6.45, 7) is 16.1. The van der Waals surface area contributed by atoms with Crippen molar-refractivity contribution in [2.24, 2.45) is 16.8 Å². The fraction of sp³-hybridized carbons (Fsp3) is 0.583. The van der Waals surface area contributed by atoms with E-state index >= 15 is 0 Å². The molecule has 1 fully saturated rings. The molecule has 0 saturated carbocycles. The van der Waals surface area contributed by atoms with E-state index in [2.05, 4.69) is 65.6 Å². The van der Waals surface area contributed by atoms with Gasteiger partial charge in [0.05, 0.1) is 18.8 Å². The Morgan fingerprint density at radius 1 is 1.10 bits per heavy atom. The normalized spacial score (nSPS) is 20.4. The van der Waals surface area contributed by atoms with Gasteiger partial charge in [0.2, 0.25) is 5.89 Å². The first kappa shape index (κ1) is 22.3. The second-order valence-electron chi connectivity index (χ2n) is 8.75. The maximum absolute atomic E-state index is 5.63. The van der Waals surface area contributed by atoms with Gasteiger partial charge in [-0.1, -0.05) is 38.1 Å². The summed E-state index contributed by atoms with van der Waals surface area (Å²) >= 11 is 0. The topological polar surface area (TPSA) is 65.7 Å². The van der Waals surface area contributed by atoms with Crippen molar-refractivity contribution in [3.8, 4) is 0 Å². The number of aliphatic imine (C=N–C) groups is 1. The lowest BCUT2D eigenvalue weighted by atomic mass is 9.91. The predicted octanol–water partition coefficient (Wildman–Crippen LogP) is 4.02. The highest BCUT2D eigenvalue weighted by Gasteiger charge is 2.21. The van der Waals surface area contributed by atoms with Gasteiger partial charge in [-0.3, -0.25) is 4.90 Å². The van der Waals surface area contributed by atoms with E-state index < -0.39 is 0 Å². The maximum atomic E-state index is 5.63. The Labute approximate surface area is 181 Å². The molecule has 1 aliphatic rings. The monoisotopic (exact) mass is 411 g/mol. The van der Waals surface area contributed by atoms with Crippen LogP contribution in [0, 0.1) is 25.7 Å². The van der Waals surface area contributed by atoms with Gasteiger partial charge in [-0.15, -0.1) is 0 Å². The lowest BCUT2D eigenvalue weighted by molar-refractivity contribution is 0.134. The van der Waals surface area contributed by atoms with E-state index in [4.69, 9.17) is 9.41 Å². The van der Waals surface area contributed by atoms with Crippen molar-refractivity contribution in [3.63, 3.8) is 0 Å². The summed E-state index contributed by atoms with van der Waals surface area (Å²) in [4.78, 5) is 11.7. The lowest BCUT2D eigenvalue weighted by Crippen LogP contribution is -2.38. The first-order chi connectivity index (χ1) is 14.4. The molecule has 1 aromatic carbocycles. The quantitative estimate of drug-likeness (QED) is 0.532. The molecular weight excluding hydrogens is 374 g/mol. The first-order valence-corrected chi connectivity index (χ1v) is 11.2. The highest BCUT2D eigenvalue weighted by Crippen LogP contribution is 2.22. The molecule has 2 unspecified atom stereocenters. The van der Waals surface area contributed by atoms with Crippen molar-refractivity contribution >= 4 is 5.96 Å². The Balaban J connectivity index is 1.53. The molecule has 2 atom stereocenters. The number of aromatic nitrogens is 1. The van der Waals surface area contributed by atoms with E-state index in [9.17, 15) is 0 Å². The van der Waals surface area contributed by atoms with Gasteiger partial charge < -0.3 is 15.1 Å². The van der Waals surface area contributed by atoms with Gasteiger partial charge >= 0.3 is 0 Å². The predicted molar refractivity (Wildman–Crippen MR) is 122 cm³/mol. The molecule has 0 aliphatic carbocycles. The van der Waals surface area contributed by atoms with Gasteiger partial charge in [0.1, 0.15) is 5.76 Å². The highest BCUT2D eigenvalue weighted by molar-refractivity contribution is 5.79. The van der Waals surface area contributed by atoms with E-state index in [-0.39, 0.29) is 0 Å². The molecular formula is C24H37N5O. The Morgan fingerprint density at radius 2 is 1.77 bits per heavy atom. The van der Waals surface area contributed by atoms with Crippen LogP contribution in [-0.4, -0.2) is 35.5 Å². The van der Waals surface area contributed by atoms with Crippen LogP contribution in [0.5, 0.6) is 0 Å². The molecule has 2 N–H and O–H groups in total. The highest BCUT2D eigenvalue weighted by atomic mass is 16.4. The fourth-order valence-electron chi connectivity index (χ4n) is 4.22. The molecule has 6 nitrogen and oxygen atoms in total. The summed E-state index contributed by atoms with van der Waals surface area (Å²) in [5.74, 6) is 3.90. The van der Waals surface area contributed by atoms with Crippen molar-refractivity contribution < 1.29 is 4.42 Å². The average Bonchev–Trinajstić information content (AvgIpc) is 3.02. The molecule has 0 amide bonds. The zero-order valence-electron chi connectivity index (χ0n) is 19.2. The van der Waals surface area contributed by atoms with Crippen LogP contribution in [0.1, 0.15) is 55.7 Å². The maximum Gasteiger partial charge on any atom is 0.214 e. The van der Waals surface area contributed by atoms with Gasteiger partial charge in [0.15, 0.2) is 5.96 Å². The molecule has 0 radical (unpaired) electrons. The van der Waals surface area contributed by atoms with Crippen LogP contribution in [0.4, 0.5) is 0 Å². The van der Waals surface area contributed by atoms with Crippen molar-refractivity contribution in [2.75, 3.05) is 19.6 Å². The SMILES string of the molecule is CCNC(=NCc1ccc(CN2CC(C)CC(C)C2)cc1)NCc1nc(C)c(C)o1. The molecule has 164 valence electrons. The second kappa shape index (κ2) is 10.6. The Morgan fingerprint density at radius 3 is 2.37 bits per heavy atom. The van der Waals surface area contributed by atoms with Crippen LogP contribution < -0.4 is 10.6 Å². The van der Waals surface area contributed by atoms with Crippen LogP contribution in [0.15, 0.2) is 33.7 Å². The van der Waals surface area contributed by atoms with E-state index in [1.54, 1.807) is 0 Å². The summed E-state index contributed by atoms with van der Waals surface area (Å²) in [5.41, 5.74) is 3.52. The first-order valence-electron chi connectivity index (χ1n) is 11.2. The third-order valence-electron chi connectivity index (χ3n) is 5.62. The Hall–Kier alpha value is -2.34. The summed E-state index contributed by atoms with van der Waals surface area (Å²) in [5, 5.41) is 6.58. The minimum Gasteiger partial charge on any atom is -0.444 e. The van der Waals surface area contributed by atoms with Crippen molar-refractivity contribution in [1.82, 2.24) is 20.5 Å². The van der Waals surface area contributed by atoms with Crippen LogP contribution in [0.3, 0.4) is 0 Å². The molecule has 30 heavy (non-hydrogen) atoms. The lowest BCUT2D eigenvalue weighted by Gasteiger charge is -2.35. The number of nitrogens with one attached hydrogen (secondary N) is 2. The summed E-state index contributed by atoms with van der Waals surface area (Å²) in [7, 11) is 0. The number of hydrogen-bond acceptors (Lipinski definition) is 4. The molecule has 6 heteroatoms. The number of oxazole rings is 1. The van der Waals surface area contributed by atoms with E-state index in [0.29, 0.717) is 19.0 Å². The molecule has 1 aliphatic heterocycles. The van der Waals surface area contributed by atoms with Gasteiger partial charge in [-0.2, -0.15) is 0 Å². The zero-order chi connectivity index (χ0) is 21.5. The van der Waals surface area contributed by atoms with E-state index in [0.717, 1.165) is 42.3 Å². The number of benzene rings is 1. The second-order valence-corrected chi connectivity index (χ2v) is 8.75. The third-order valence-corrected chi connectivity index (χ3v) is 5.62. The molecule has 2 heterocycles. The minimum absolute atomic E-state index is 0.520. The molecule has 0 spiro atoms. The van der Waals surface area contributed by atoms with Gasteiger partial charge in [0, 0.05) is 26.2 Å².